The van der Waals surface area contributed by atoms with Crippen LogP contribution in [0, 0.1) is 0 Å². The molecular weight excluding hydrogens is 194 g/mol. The summed E-state index contributed by atoms with van der Waals surface area (Å²) < 4.78 is 0. The largest absolute Gasteiger partial charge is 0.507 e. The molecule has 0 atom stereocenters. The maximum absolute atomic E-state index is 9.70. The molecule has 1 aromatic rings. The van der Waals surface area contributed by atoms with Gasteiger partial charge in [-0.25, -0.2) is 0 Å². The van der Waals surface area contributed by atoms with Crippen molar-refractivity contribution in [1.29, 1.82) is 0 Å². The van der Waals surface area contributed by atoms with E-state index in [9.17, 15) is 5.11 Å². The van der Waals surface area contributed by atoms with Crippen LogP contribution in [0.4, 0.5) is 0 Å². The van der Waals surface area contributed by atoms with Crippen LogP contribution in [0.1, 0.15) is 30.5 Å². The Kier molecular flexibility index (Phi) is 3.56. The quantitative estimate of drug-likeness (QED) is 0.808. The molecular formula is C11H19NOS. The van der Waals surface area contributed by atoms with Gasteiger partial charge in [-0.05, 0) is 31.5 Å². The third kappa shape index (κ3) is 2.72. The Morgan fingerprint density at radius 3 is 2.50 bits per heavy atom. The number of hydrogen-bond acceptors (Lipinski definition) is 3. The lowest BCUT2D eigenvalue weighted by molar-refractivity contribution is 0.469. The maximum atomic E-state index is 9.70. The molecule has 1 heterocycles. The number of hydrogen-bond donors (Lipinski definition) is 2. The average molecular weight is 213 g/mol. The summed E-state index contributed by atoms with van der Waals surface area (Å²) in [5.41, 5.74) is 0.139. The van der Waals surface area contributed by atoms with Gasteiger partial charge in [0.15, 0.2) is 0 Å². The Bertz CT molecular complexity index is 299. The van der Waals surface area contributed by atoms with Crippen molar-refractivity contribution in [2.45, 2.75) is 32.6 Å². The van der Waals surface area contributed by atoms with E-state index in [4.69, 9.17) is 0 Å². The van der Waals surface area contributed by atoms with Crippen molar-refractivity contribution in [2.24, 2.45) is 0 Å². The predicted molar refractivity (Wildman–Crippen MR) is 62.3 cm³/mol. The van der Waals surface area contributed by atoms with Crippen LogP contribution in [0.3, 0.4) is 0 Å². The number of likely N-dealkylation sites (N-methyl/N-ethyl adjacent to an activating group) is 1. The first-order chi connectivity index (χ1) is 6.45. The minimum absolute atomic E-state index is 0.139. The third-order valence-electron chi connectivity index (χ3n) is 2.13. The highest BCUT2D eigenvalue weighted by Gasteiger charge is 2.18. The van der Waals surface area contributed by atoms with Crippen molar-refractivity contribution in [3.8, 4) is 5.75 Å². The fraction of sp³-hybridized carbons (Fsp3) is 0.636. The minimum atomic E-state index is 0.139. The number of nitrogens with one attached hydrogen (secondary N) is 1. The molecule has 0 saturated heterocycles. The molecule has 0 aliphatic rings. The van der Waals surface area contributed by atoms with Gasteiger partial charge in [-0.1, -0.05) is 20.8 Å². The Balaban J connectivity index is 2.82. The molecule has 0 radical (unpaired) electrons. The van der Waals surface area contributed by atoms with E-state index < -0.39 is 0 Å². The molecule has 0 bridgehead atoms. The number of aromatic hydroxyl groups is 1. The zero-order valence-corrected chi connectivity index (χ0v) is 10.2. The standard InChI is InChI=1S/C11H19NOS/c1-11(2,3)10-7-8(13)9(14-10)5-6-12-4/h7,12-13H,5-6H2,1-4H3. The molecule has 80 valence electrons. The Hall–Kier alpha value is -0.540. The Labute approximate surface area is 90.0 Å². The van der Waals surface area contributed by atoms with Gasteiger partial charge in [0.05, 0.1) is 0 Å². The number of thiophene rings is 1. The predicted octanol–water partition coefficient (Wildman–Crippen LogP) is 2.51. The molecule has 14 heavy (non-hydrogen) atoms. The summed E-state index contributed by atoms with van der Waals surface area (Å²) >= 11 is 1.72. The fourth-order valence-electron chi connectivity index (χ4n) is 1.21. The smallest absolute Gasteiger partial charge is 0.129 e. The van der Waals surface area contributed by atoms with Gasteiger partial charge in [-0.3, -0.25) is 0 Å². The highest BCUT2D eigenvalue weighted by atomic mass is 32.1. The summed E-state index contributed by atoms with van der Waals surface area (Å²) in [6, 6.07) is 1.90. The van der Waals surface area contributed by atoms with Crippen molar-refractivity contribution in [3.63, 3.8) is 0 Å². The molecule has 0 unspecified atom stereocenters. The van der Waals surface area contributed by atoms with Crippen LogP contribution in [-0.2, 0) is 11.8 Å². The van der Waals surface area contributed by atoms with Crippen LogP contribution in [0.25, 0.3) is 0 Å². The summed E-state index contributed by atoms with van der Waals surface area (Å²) in [6.07, 6.45) is 0.906. The molecule has 1 rings (SSSR count). The van der Waals surface area contributed by atoms with Gasteiger partial charge in [-0.2, -0.15) is 0 Å². The van der Waals surface area contributed by atoms with Gasteiger partial charge in [0.2, 0.25) is 0 Å². The lowest BCUT2D eigenvalue weighted by Crippen LogP contribution is -2.09. The molecule has 0 fully saturated rings. The summed E-state index contributed by atoms with van der Waals surface area (Å²) in [6.45, 7) is 7.41. The first-order valence-corrected chi connectivity index (χ1v) is 5.73. The molecule has 3 heteroatoms. The monoisotopic (exact) mass is 213 g/mol. The lowest BCUT2D eigenvalue weighted by atomic mass is 9.95. The van der Waals surface area contributed by atoms with Crippen LogP contribution < -0.4 is 5.32 Å². The van der Waals surface area contributed by atoms with Gasteiger partial charge >= 0.3 is 0 Å². The molecule has 2 nitrogen and oxygen atoms in total. The molecule has 0 aromatic carbocycles. The van der Waals surface area contributed by atoms with Gasteiger partial charge < -0.3 is 10.4 Å². The summed E-state index contributed by atoms with van der Waals surface area (Å²) in [4.78, 5) is 2.34. The maximum Gasteiger partial charge on any atom is 0.129 e. The van der Waals surface area contributed by atoms with E-state index >= 15 is 0 Å². The molecule has 0 amide bonds. The van der Waals surface area contributed by atoms with E-state index in [1.807, 2.05) is 13.1 Å². The van der Waals surface area contributed by atoms with Crippen molar-refractivity contribution in [3.05, 3.63) is 15.8 Å². The normalized spacial score (nSPS) is 12.0. The Morgan fingerprint density at radius 1 is 1.43 bits per heavy atom. The van der Waals surface area contributed by atoms with Gasteiger partial charge in [0.25, 0.3) is 0 Å². The lowest BCUT2D eigenvalue weighted by Gasteiger charge is -2.14. The molecule has 0 aliphatic heterocycles. The van der Waals surface area contributed by atoms with Crippen LogP contribution >= 0.6 is 11.3 Å². The first kappa shape index (κ1) is 11.5. The van der Waals surface area contributed by atoms with Crippen LogP contribution in [0.5, 0.6) is 5.75 Å². The van der Waals surface area contributed by atoms with E-state index in [-0.39, 0.29) is 5.41 Å². The summed E-state index contributed by atoms with van der Waals surface area (Å²) in [5.74, 6) is 0.454. The zero-order chi connectivity index (χ0) is 10.8. The van der Waals surface area contributed by atoms with E-state index in [0.29, 0.717) is 5.75 Å². The van der Waals surface area contributed by atoms with Crippen molar-refractivity contribution >= 4 is 11.3 Å². The van der Waals surface area contributed by atoms with Gasteiger partial charge in [-0.15, -0.1) is 11.3 Å². The van der Waals surface area contributed by atoms with Crippen molar-refractivity contribution < 1.29 is 5.11 Å². The zero-order valence-electron chi connectivity index (χ0n) is 9.35. The van der Waals surface area contributed by atoms with Crippen LogP contribution in [-0.4, -0.2) is 18.7 Å². The molecule has 0 spiro atoms. The highest BCUT2D eigenvalue weighted by molar-refractivity contribution is 7.12. The molecule has 0 aliphatic carbocycles. The van der Waals surface area contributed by atoms with Crippen LogP contribution in [0.15, 0.2) is 6.07 Å². The topological polar surface area (TPSA) is 32.3 Å². The first-order valence-electron chi connectivity index (χ1n) is 4.92. The second-order valence-corrected chi connectivity index (χ2v) is 5.66. The average Bonchev–Trinajstić information content (AvgIpc) is 2.43. The number of rotatable bonds is 3. The van der Waals surface area contributed by atoms with Gasteiger partial charge in [0.1, 0.15) is 5.75 Å². The molecule has 0 saturated carbocycles. The SMILES string of the molecule is CNCCc1sc(C(C)(C)C)cc1O. The van der Waals surface area contributed by atoms with Crippen LogP contribution in [0.2, 0.25) is 0 Å². The van der Waals surface area contributed by atoms with E-state index in [1.54, 1.807) is 11.3 Å². The summed E-state index contributed by atoms with van der Waals surface area (Å²) in [7, 11) is 1.93. The molecule has 1 aromatic heterocycles. The van der Waals surface area contributed by atoms with Gasteiger partial charge in [0, 0.05) is 9.75 Å². The van der Waals surface area contributed by atoms with Crippen molar-refractivity contribution in [2.75, 3.05) is 13.6 Å². The van der Waals surface area contributed by atoms with E-state index in [2.05, 4.69) is 26.1 Å². The fourth-order valence-corrected chi connectivity index (χ4v) is 2.32. The minimum Gasteiger partial charge on any atom is -0.507 e. The summed E-state index contributed by atoms with van der Waals surface area (Å²) in [5, 5.41) is 12.8. The van der Waals surface area contributed by atoms with Crippen molar-refractivity contribution in [1.82, 2.24) is 5.32 Å². The third-order valence-corrected chi connectivity index (χ3v) is 3.74. The highest BCUT2D eigenvalue weighted by Crippen LogP contribution is 2.36. The molecule has 2 N–H and O–H groups in total. The van der Waals surface area contributed by atoms with E-state index in [1.165, 1.54) is 4.88 Å². The Morgan fingerprint density at radius 2 is 2.07 bits per heavy atom. The second-order valence-electron chi connectivity index (χ2n) is 4.52. The second kappa shape index (κ2) is 4.32. The van der Waals surface area contributed by atoms with E-state index in [0.717, 1.165) is 17.8 Å².